The van der Waals surface area contributed by atoms with Gasteiger partial charge in [-0.05, 0) is 92.4 Å². The van der Waals surface area contributed by atoms with Gasteiger partial charge in [-0.2, -0.15) is 0 Å². The van der Waals surface area contributed by atoms with Crippen LogP contribution in [0, 0.1) is 35.5 Å². The highest BCUT2D eigenvalue weighted by Gasteiger charge is 2.51. The molecule has 3 fully saturated rings. The van der Waals surface area contributed by atoms with Crippen molar-refractivity contribution in [1.29, 1.82) is 0 Å². The lowest BCUT2D eigenvalue weighted by molar-refractivity contribution is -0.150. The third-order valence-corrected chi connectivity index (χ3v) is 17.2. The summed E-state index contributed by atoms with van der Waals surface area (Å²) < 4.78 is 12.2. The van der Waals surface area contributed by atoms with E-state index in [1.54, 1.807) is 55.0 Å². The molecule has 0 aromatic heterocycles. The zero-order valence-electron chi connectivity index (χ0n) is 47.6. The van der Waals surface area contributed by atoms with E-state index >= 15 is 0 Å². The molecule has 2 bridgehead atoms. The lowest BCUT2D eigenvalue weighted by Gasteiger charge is -2.41. The lowest BCUT2D eigenvalue weighted by Crippen LogP contribution is -2.54. The summed E-state index contributed by atoms with van der Waals surface area (Å²) in [6.45, 7) is 12.4. The zero-order valence-corrected chi connectivity index (χ0v) is 47.6. The minimum Gasteiger partial charge on any atom is -0.379 e. The molecule has 0 spiro atoms. The van der Waals surface area contributed by atoms with Crippen LogP contribution < -0.4 is 10.6 Å². The van der Waals surface area contributed by atoms with Gasteiger partial charge in [0.1, 0.15) is 5.78 Å². The fraction of sp³-hybridized carbons (Fsp3) is 0.623. The number of ketones is 2. The molecule has 0 radical (unpaired) electrons. The molecule has 17 nitrogen and oxygen atoms in total. The number of unbranched alkanes of at least 4 members (excludes halogenated alkanes) is 2. The number of amides is 7. The molecule has 2 N–H and O–H groups in total. The van der Waals surface area contributed by atoms with Gasteiger partial charge in [0.05, 0.1) is 36.8 Å². The molecule has 3 aliphatic heterocycles. The maximum Gasteiger partial charge on any atom is 0.253 e. The van der Waals surface area contributed by atoms with Gasteiger partial charge in [0.2, 0.25) is 29.5 Å². The van der Waals surface area contributed by atoms with Gasteiger partial charge in [-0.3, -0.25) is 48.1 Å². The van der Waals surface area contributed by atoms with E-state index < -0.39 is 48.1 Å². The first kappa shape index (κ1) is 61.1. The Bertz CT molecular complexity index is 2450. The van der Waals surface area contributed by atoms with E-state index in [1.165, 1.54) is 24.0 Å². The smallest absolute Gasteiger partial charge is 0.253 e. The van der Waals surface area contributed by atoms with Crippen molar-refractivity contribution in [3.05, 3.63) is 77.9 Å². The van der Waals surface area contributed by atoms with E-state index in [0.29, 0.717) is 76.7 Å². The van der Waals surface area contributed by atoms with Gasteiger partial charge in [-0.15, -0.1) is 0 Å². The van der Waals surface area contributed by atoms with Crippen molar-refractivity contribution in [1.82, 2.24) is 24.9 Å². The number of carbonyl (C=O) groups excluding carboxylic acids is 9. The summed E-state index contributed by atoms with van der Waals surface area (Å²) in [6.07, 6.45) is 8.33. The van der Waals surface area contributed by atoms with Crippen LogP contribution in [0.15, 0.2) is 66.7 Å². The second-order valence-electron chi connectivity index (χ2n) is 22.7. The molecule has 2 aromatic rings. The van der Waals surface area contributed by atoms with Crippen molar-refractivity contribution in [2.75, 3.05) is 39.7 Å². The Morgan fingerprint density at radius 3 is 2.13 bits per heavy atom. The number of ether oxygens (including phenoxy) is 2. The van der Waals surface area contributed by atoms with Crippen molar-refractivity contribution in [3.63, 3.8) is 0 Å². The largest absolute Gasteiger partial charge is 0.379 e. The minimum absolute atomic E-state index is 0.0218. The van der Waals surface area contributed by atoms with Gasteiger partial charge in [-0.1, -0.05) is 89.9 Å². The summed E-state index contributed by atoms with van der Waals surface area (Å²) in [7, 11) is 4.85. The molecule has 1 saturated carbocycles. The zero-order chi connectivity index (χ0) is 56.8. The summed E-state index contributed by atoms with van der Waals surface area (Å²) in [5.74, 6) is -3.89. The van der Waals surface area contributed by atoms with Gasteiger partial charge in [0, 0.05) is 109 Å². The number of carbonyl (C=O) groups is 9. The van der Waals surface area contributed by atoms with Gasteiger partial charge < -0.3 is 34.8 Å². The SMILES string of the molecule is CC[C@H](C)[C@@H]([C@@H](CC(=O)N1CCC[C@H]1[C@H](OC)[C@@H](C)C(=O)C[C@@H](Cc1ccccc1)C(=O)Nc1ccc(CNC(=O)CCCCCN2C(=O)C=CC2=O)cc1)OC)N(C)C(=O)[C@@H](CC(=O)[C@@H]1[C@H]2CC[C@H](C2)N1C(C)=O)C(C)C. The van der Waals surface area contributed by atoms with E-state index in [9.17, 15) is 43.2 Å². The predicted octanol–water partition coefficient (Wildman–Crippen LogP) is 7.10. The number of methoxy groups -OCH3 is 2. The van der Waals surface area contributed by atoms with E-state index in [-0.39, 0.29) is 96.0 Å². The molecule has 4 aliphatic rings. The number of likely N-dealkylation sites (N-methyl/N-ethyl adjacent to an activating group) is 1. The number of nitrogens with one attached hydrogen (secondary N) is 2. The molecule has 426 valence electrons. The van der Waals surface area contributed by atoms with Crippen LogP contribution in [0.1, 0.15) is 136 Å². The van der Waals surface area contributed by atoms with E-state index in [2.05, 4.69) is 10.6 Å². The number of Topliss-reactive ketones (excluding diaryl/α,β-unsaturated/α-hetero) is 2. The van der Waals surface area contributed by atoms with Crippen LogP contribution in [0.2, 0.25) is 0 Å². The van der Waals surface area contributed by atoms with Crippen molar-refractivity contribution < 1.29 is 52.6 Å². The number of fused-ring (bicyclic) bond motifs is 2. The van der Waals surface area contributed by atoms with E-state index in [4.69, 9.17) is 9.47 Å². The van der Waals surface area contributed by atoms with Gasteiger partial charge in [0.25, 0.3) is 11.8 Å². The summed E-state index contributed by atoms with van der Waals surface area (Å²) in [4.78, 5) is 127. The molecule has 2 aromatic carbocycles. The van der Waals surface area contributed by atoms with E-state index in [0.717, 1.165) is 30.4 Å². The standard InChI is InChI=1S/C61H86N6O11/c1-10-39(4)57(64(7)61(76)48(38(2)3)35-51(70)58-44-24-27-47(33-44)67(58)41(6)68)52(77-8)36-56(74)65-31-17-20-49(65)59(78-9)40(5)50(69)34-45(32-42-18-13-11-14-19-42)60(75)63-46-25-22-43(23-26-46)37-62-53(71)21-15-12-16-30-66-54(72)28-29-55(66)73/h11,13-14,18-19,22-23,25-26,28-29,38-40,44-45,47-49,52,57-59H,10,12,15-17,20-21,24,27,30-37H2,1-9H3,(H,62,71)(H,63,75)/t39-,40-,44-,45+,47+,48-,49-,52+,57-,58-,59+/m0/s1. The normalized spacial score (nSPS) is 21.5. The first-order valence-corrected chi connectivity index (χ1v) is 28.5. The van der Waals surface area contributed by atoms with E-state index in [1.807, 2.05) is 70.2 Å². The first-order chi connectivity index (χ1) is 37.3. The van der Waals surface area contributed by atoms with Crippen LogP contribution in [-0.4, -0.2) is 143 Å². The van der Waals surface area contributed by atoms with Crippen molar-refractivity contribution in [3.8, 4) is 0 Å². The average molecular weight is 1080 g/mol. The molecule has 2 saturated heterocycles. The second-order valence-corrected chi connectivity index (χ2v) is 22.7. The fourth-order valence-electron chi connectivity index (χ4n) is 12.6. The quantitative estimate of drug-likeness (QED) is 0.0596. The molecule has 0 unspecified atom stereocenters. The Morgan fingerprint density at radius 2 is 1.50 bits per heavy atom. The Kier molecular flexibility index (Phi) is 22.5. The third kappa shape index (κ3) is 15.4. The third-order valence-electron chi connectivity index (χ3n) is 17.2. The Labute approximate surface area is 461 Å². The Hall–Kier alpha value is -6.07. The van der Waals surface area contributed by atoms with Gasteiger partial charge >= 0.3 is 0 Å². The van der Waals surface area contributed by atoms with Crippen molar-refractivity contribution in [2.45, 2.75) is 174 Å². The molecule has 6 rings (SSSR count). The number of imide groups is 1. The van der Waals surface area contributed by atoms with Crippen molar-refractivity contribution >= 4 is 58.6 Å². The monoisotopic (exact) mass is 1080 g/mol. The molecule has 7 amide bonds. The fourth-order valence-corrected chi connectivity index (χ4v) is 12.6. The molecule has 17 heteroatoms. The summed E-state index contributed by atoms with van der Waals surface area (Å²) in [5, 5.41) is 5.93. The number of hydrogen-bond acceptors (Lipinski definition) is 11. The number of benzene rings is 2. The van der Waals surface area contributed by atoms with Crippen LogP contribution in [0.4, 0.5) is 5.69 Å². The first-order valence-electron chi connectivity index (χ1n) is 28.5. The van der Waals surface area contributed by atoms with Gasteiger partial charge in [0.15, 0.2) is 5.78 Å². The van der Waals surface area contributed by atoms with Gasteiger partial charge in [-0.25, -0.2) is 0 Å². The van der Waals surface area contributed by atoms with Crippen LogP contribution in [0.3, 0.4) is 0 Å². The highest BCUT2D eigenvalue weighted by molar-refractivity contribution is 6.12. The molecule has 1 aliphatic carbocycles. The maximum absolute atomic E-state index is 14.6. The molecule has 78 heavy (non-hydrogen) atoms. The van der Waals surface area contributed by atoms with Crippen molar-refractivity contribution in [2.24, 2.45) is 35.5 Å². The highest BCUT2D eigenvalue weighted by atomic mass is 16.5. The molecule has 11 atom stereocenters. The van der Waals surface area contributed by atoms with Crippen LogP contribution in [0.25, 0.3) is 0 Å². The predicted molar refractivity (Wildman–Crippen MR) is 296 cm³/mol. The maximum atomic E-state index is 14.6. The molecular weight excluding hydrogens is 993 g/mol. The molecular formula is C61H86N6O11. The summed E-state index contributed by atoms with van der Waals surface area (Å²) in [6, 6.07) is 15.4. The number of piperidine rings is 1. The second kappa shape index (κ2) is 28.7. The summed E-state index contributed by atoms with van der Waals surface area (Å²) >= 11 is 0. The average Bonchev–Trinajstić information content (AvgIpc) is 4.38. The number of anilines is 1. The Balaban J connectivity index is 1.05. The highest BCUT2D eigenvalue weighted by Crippen LogP contribution is 2.44. The van der Waals surface area contributed by atoms with Crippen LogP contribution in [0.5, 0.6) is 0 Å². The number of nitrogens with zero attached hydrogens (tertiary/aromatic N) is 4. The number of hydrogen-bond donors (Lipinski definition) is 2. The number of likely N-dealkylation sites (tertiary alicyclic amines) is 2. The lowest BCUT2D eigenvalue weighted by atomic mass is 9.83. The molecule has 3 heterocycles. The minimum atomic E-state index is -0.728. The van der Waals surface area contributed by atoms with Crippen LogP contribution in [-0.2, 0) is 65.6 Å². The van der Waals surface area contributed by atoms with Crippen LogP contribution >= 0.6 is 0 Å². The summed E-state index contributed by atoms with van der Waals surface area (Å²) in [5.41, 5.74) is 2.27. The topological polar surface area (TPSA) is 209 Å². The number of rotatable bonds is 30. The Morgan fingerprint density at radius 1 is 0.808 bits per heavy atom.